The number of furan rings is 1. The van der Waals surface area contributed by atoms with Crippen LogP contribution in [0, 0.1) is 17.1 Å². The van der Waals surface area contributed by atoms with Crippen LogP contribution in [-0.4, -0.2) is 54.9 Å². The lowest BCUT2D eigenvalue weighted by Gasteiger charge is -2.36. The van der Waals surface area contributed by atoms with Gasteiger partial charge < -0.3 is 19.5 Å². The summed E-state index contributed by atoms with van der Waals surface area (Å²) in [5.74, 6) is 0.462. The second-order valence-corrected chi connectivity index (χ2v) is 6.08. The third-order valence-corrected chi connectivity index (χ3v) is 4.42. The Morgan fingerprint density at radius 1 is 1.30 bits per heavy atom. The average molecular weight is 369 g/mol. The molecule has 1 saturated heterocycles. The molecule has 0 unspecified atom stereocenters. The Labute approximate surface area is 156 Å². The monoisotopic (exact) mass is 369 g/mol. The minimum absolute atomic E-state index is 0.127. The van der Waals surface area contributed by atoms with Crippen LogP contribution in [0.25, 0.3) is 0 Å². The summed E-state index contributed by atoms with van der Waals surface area (Å²) in [4.78, 5) is 20.3. The second kappa shape index (κ2) is 8.36. The average Bonchev–Trinajstić information content (AvgIpc) is 3.24. The van der Waals surface area contributed by atoms with Gasteiger partial charge in [-0.3, -0.25) is 9.79 Å². The molecule has 1 aliphatic rings. The van der Waals surface area contributed by atoms with Crippen molar-refractivity contribution in [3.63, 3.8) is 0 Å². The first-order chi connectivity index (χ1) is 13.1. The van der Waals surface area contributed by atoms with Gasteiger partial charge in [-0.25, -0.2) is 4.39 Å². The minimum atomic E-state index is -0.370. The van der Waals surface area contributed by atoms with E-state index >= 15 is 0 Å². The Hall–Kier alpha value is -3.34. The van der Waals surface area contributed by atoms with Gasteiger partial charge in [-0.1, -0.05) is 0 Å². The number of benzene rings is 1. The van der Waals surface area contributed by atoms with Crippen molar-refractivity contribution in [2.24, 2.45) is 4.99 Å². The van der Waals surface area contributed by atoms with E-state index in [0.29, 0.717) is 49.0 Å². The summed E-state index contributed by atoms with van der Waals surface area (Å²) >= 11 is 0. The van der Waals surface area contributed by atoms with E-state index in [1.807, 2.05) is 11.0 Å². The molecule has 0 aliphatic carbocycles. The number of carbonyl (C=O) groups is 1. The first-order valence-corrected chi connectivity index (χ1v) is 8.59. The van der Waals surface area contributed by atoms with Gasteiger partial charge in [-0.15, -0.1) is 0 Å². The van der Waals surface area contributed by atoms with Crippen molar-refractivity contribution in [1.82, 2.24) is 15.1 Å². The fourth-order valence-electron chi connectivity index (χ4n) is 2.96. The summed E-state index contributed by atoms with van der Waals surface area (Å²) in [5.41, 5.74) is 0.815. The highest BCUT2D eigenvalue weighted by molar-refractivity contribution is 5.91. The zero-order valence-electron chi connectivity index (χ0n) is 15.0. The van der Waals surface area contributed by atoms with Crippen molar-refractivity contribution in [2.45, 2.75) is 6.54 Å². The van der Waals surface area contributed by atoms with E-state index < -0.39 is 0 Å². The van der Waals surface area contributed by atoms with E-state index in [1.54, 1.807) is 24.1 Å². The van der Waals surface area contributed by atoms with E-state index in [-0.39, 0.29) is 18.3 Å². The van der Waals surface area contributed by atoms with E-state index in [1.165, 1.54) is 24.5 Å². The SMILES string of the molecule is CN=C(NCc1cc(C#N)ccc1F)N1CCN(C(=O)c2ccco2)CC1. The van der Waals surface area contributed by atoms with Crippen LogP contribution in [0.4, 0.5) is 4.39 Å². The molecule has 0 radical (unpaired) electrons. The summed E-state index contributed by atoms with van der Waals surface area (Å²) in [5, 5.41) is 12.1. The maximum absolute atomic E-state index is 13.9. The quantitative estimate of drug-likeness (QED) is 0.659. The van der Waals surface area contributed by atoms with Crippen molar-refractivity contribution in [1.29, 1.82) is 5.26 Å². The highest BCUT2D eigenvalue weighted by Gasteiger charge is 2.25. The van der Waals surface area contributed by atoms with Crippen LogP contribution < -0.4 is 5.32 Å². The van der Waals surface area contributed by atoms with Crippen molar-refractivity contribution in [2.75, 3.05) is 33.2 Å². The summed E-state index contributed by atoms with van der Waals surface area (Å²) in [6.45, 7) is 2.51. The lowest BCUT2D eigenvalue weighted by atomic mass is 10.1. The second-order valence-electron chi connectivity index (χ2n) is 6.08. The van der Waals surface area contributed by atoms with Crippen LogP contribution in [0.1, 0.15) is 21.7 Å². The molecule has 1 aromatic heterocycles. The number of piperazine rings is 1. The number of nitrogens with one attached hydrogen (secondary N) is 1. The maximum Gasteiger partial charge on any atom is 0.289 e. The summed E-state index contributed by atoms with van der Waals surface area (Å²) in [6, 6.07) is 9.61. The Morgan fingerprint density at radius 2 is 2.04 bits per heavy atom. The third-order valence-electron chi connectivity index (χ3n) is 4.42. The van der Waals surface area contributed by atoms with Crippen LogP contribution in [0.5, 0.6) is 0 Å². The van der Waals surface area contributed by atoms with Gasteiger partial charge in [0.1, 0.15) is 5.82 Å². The molecule has 8 heteroatoms. The van der Waals surface area contributed by atoms with Crippen LogP contribution in [0.3, 0.4) is 0 Å². The molecule has 1 fully saturated rings. The number of hydrogen-bond acceptors (Lipinski definition) is 4. The molecule has 0 atom stereocenters. The zero-order valence-corrected chi connectivity index (χ0v) is 15.0. The molecule has 3 rings (SSSR count). The number of aliphatic imine (C=N–C) groups is 1. The van der Waals surface area contributed by atoms with Gasteiger partial charge in [0.15, 0.2) is 11.7 Å². The highest BCUT2D eigenvalue weighted by atomic mass is 19.1. The minimum Gasteiger partial charge on any atom is -0.459 e. The predicted molar refractivity (Wildman–Crippen MR) is 97.5 cm³/mol. The van der Waals surface area contributed by atoms with Crippen molar-refractivity contribution >= 4 is 11.9 Å². The van der Waals surface area contributed by atoms with Crippen LogP contribution >= 0.6 is 0 Å². The number of hydrogen-bond donors (Lipinski definition) is 1. The summed E-state index contributed by atoms with van der Waals surface area (Å²) < 4.78 is 19.1. The molecule has 7 nitrogen and oxygen atoms in total. The van der Waals surface area contributed by atoms with Gasteiger partial charge in [0, 0.05) is 45.3 Å². The Morgan fingerprint density at radius 3 is 2.67 bits per heavy atom. The molecule has 1 N–H and O–H groups in total. The molecule has 0 spiro atoms. The molecular formula is C19H20FN5O2. The Kier molecular flexibility index (Phi) is 5.71. The number of guanidine groups is 1. The molecule has 2 aromatic rings. The molecule has 1 aromatic carbocycles. The van der Waals surface area contributed by atoms with Crippen molar-refractivity contribution in [3.8, 4) is 6.07 Å². The largest absolute Gasteiger partial charge is 0.459 e. The van der Waals surface area contributed by atoms with E-state index in [9.17, 15) is 9.18 Å². The highest BCUT2D eigenvalue weighted by Crippen LogP contribution is 2.12. The molecular weight excluding hydrogens is 349 g/mol. The van der Waals surface area contributed by atoms with E-state index in [4.69, 9.17) is 9.68 Å². The zero-order chi connectivity index (χ0) is 19.2. The van der Waals surface area contributed by atoms with E-state index in [2.05, 4.69) is 10.3 Å². The normalized spacial score (nSPS) is 14.8. The Bertz CT molecular complexity index is 865. The number of halogens is 1. The van der Waals surface area contributed by atoms with Gasteiger partial charge in [-0.2, -0.15) is 5.26 Å². The fourth-order valence-corrected chi connectivity index (χ4v) is 2.96. The van der Waals surface area contributed by atoms with Crippen LogP contribution in [-0.2, 0) is 6.54 Å². The van der Waals surface area contributed by atoms with Gasteiger partial charge >= 0.3 is 0 Å². The van der Waals surface area contributed by atoms with Gasteiger partial charge in [0.25, 0.3) is 5.91 Å². The topological polar surface area (TPSA) is 84.9 Å². The standard InChI is InChI=1S/C19H20FN5O2/c1-22-19(23-13-15-11-14(12-21)4-5-16(15)20)25-8-6-24(7-9-25)18(26)17-3-2-10-27-17/h2-5,10-11H,6-9,13H2,1H3,(H,22,23). The summed E-state index contributed by atoms with van der Waals surface area (Å²) in [6.07, 6.45) is 1.48. The number of amides is 1. The Balaban J connectivity index is 1.57. The van der Waals surface area contributed by atoms with Gasteiger partial charge in [-0.05, 0) is 30.3 Å². The molecule has 0 bridgehead atoms. The maximum atomic E-state index is 13.9. The van der Waals surface area contributed by atoms with Crippen LogP contribution in [0.2, 0.25) is 0 Å². The molecule has 1 aliphatic heterocycles. The first kappa shape index (κ1) is 18.5. The van der Waals surface area contributed by atoms with E-state index in [0.717, 1.165) is 0 Å². The van der Waals surface area contributed by atoms with Crippen molar-refractivity contribution in [3.05, 3.63) is 59.3 Å². The number of nitrogens with zero attached hydrogens (tertiary/aromatic N) is 4. The lowest BCUT2D eigenvalue weighted by Crippen LogP contribution is -2.53. The van der Waals surface area contributed by atoms with Gasteiger partial charge in [0.2, 0.25) is 0 Å². The number of rotatable bonds is 3. The number of carbonyl (C=O) groups excluding carboxylic acids is 1. The third kappa shape index (κ3) is 4.26. The molecule has 2 heterocycles. The molecule has 140 valence electrons. The van der Waals surface area contributed by atoms with Crippen LogP contribution in [0.15, 0.2) is 46.0 Å². The molecule has 27 heavy (non-hydrogen) atoms. The number of nitriles is 1. The first-order valence-electron chi connectivity index (χ1n) is 8.59. The summed E-state index contributed by atoms with van der Waals surface area (Å²) in [7, 11) is 1.66. The molecule has 0 saturated carbocycles. The lowest BCUT2D eigenvalue weighted by molar-refractivity contribution is 0.0657. The predicted octanol–water partition coefficient (Wildman–Crippen LogP) is 1.82. The molecule has 1 amide bonds. The smallest absolute Gasteiger partial charge is 0.289 e. The van der Waals surface area contributed by atoms with Crippen molar-refractivity contribution < 1.29 is 13.6 Å². The fraction of sp³-hybridized carbons (Fsp3) is 0.316. The van der Waals surface area contributed by atoms with Gasteiger partial charge in [0.05, 0.1) is 17.9 Å².